The smallest absolute Gasteiger partial charge is 0.255 e. The lowest BCUT2D eigenvalue weighted by atomic mass is 9.96. The van der Waals surface area contributed by atoms with Crippen molar-refractivity contribution in [1.29, 1.82) is 0 Å². The lowest BCUT2D eigenvalue weighted by molar-refractivity contribution is 0.0943. The SMILES string of the molecule is CNc1nc(C)ccc1C(=O)NC(c1ccc2c(c1)CCO2)c1cc(Cl)ccc1Cl. The zero-order valence-corrected chi connectivity index (χ0v) is 18.1. The summed E-state index contributed by atoms with van der Waals surface area (Å²) in [6.07, 6.45) is 0.832. The van der Waals surface area contributed by atoms with Gasteiger partial charge in [-0.05, 0) is 66.1 Å². The number of hydrogen-bond acceptors (Lipinski definition) is 4. The molecule has 0 spiro atoms. The lowest BCUT2D eigenvalue weighted by Gasteiger charge is -2.22. The molecule has 30 heavy (non-hydrogen) atoms. The Labute approximate surface area is 185 Å². The van der Waals surface area contributed by atoms with Crippen LogP contribution in [0.25, 0.3) is 0 Å². The van der Waals surface area contributed by atoms with Crippen LogP contribution >= 0.6 is 23.2 Å². The highest BCUT2D eigenvalue weighted by molar-refractivity contribution is 6.33. The van der Waals surface area contributed by atoms with Crippen LogP contribution < -0.4 is 15.4 Å². The second-order valence-electron chi connectivity index (χ2n) is 7.14. The summed E-state index contributed by atoms with van der Waals surface area (Å²) in [7, 11) is 1.74. The molecule has 2 aromatic carbocycles. The predicted molar refractivity (Wildman–Crippen MR) is 120 cm³/mol. The Hall–Kier alpha value is -2.76. The van der Waals surface area contributed by atoms with Crippen LogP contribution in [0.1, 0.15) is 38.8 Å². The number of amides is 1. The molecule has 154 valence electrons. The molecule has 1 aromatic heterocycles. The molecule has 1 unspecified atom stereocenters. The highest BCUT2D eigenvalue weighted by Crippen LogP contribution is 2.34. The number of nitrogens with one attached hydrogen (secondary N) is 2. The van der Waals surface area contributed by atoms with Crippen molar-refractivity contribution in [2.45, 2.75) is 19.4 Å². The topological polar surface area (TPSA) is 63.2 Å². The number of pyridine rings is 1. The average molecular weight is 442 g/mol. The number of fused-ring (bicyclic) bond motifs is 1. The van der Waals surface area contributed by atoms with Crippen molar-refractivity contribution in [1.82, 2.24) is 10.3 Å². The number of halogens is 2. The zero-order chi connectivity index (χ0) is 21.3. The predicted octanol–water partition coefficient (Wildman–Crippen LogP) is 5.19. The minimum atomic E-state index is -0.486. The van der Waals surface area contributed by atoms with Crippen LogP contribution in [-0.4, -0.2) is 24.5 Å². The second-order valence-corrected chi connectivity index (χ2v) is 7.98. The number of benzene rings is 2. The zero-order valence-electron chi connectivity index (χ0n) is 16.6. The summed E-state index contributed by atoms with van der Waals surface area (Å²) in [6, 6.07) is 14.3. The van der Waals surface area contributed by atoms with Gasteiger partial charge in [0.15, 0.2) is 0 Å². The molecule has 5 nitrogen and oxygen atoms in total. The molecule has 1 aliphatic rings. The summed E-state index contributed by atoms with van der Waals surface area (Å²) in [6.45, 7) is 2.54. The third-order valence-electron chi connectivity index (χ3n) is 5.11. The Morgan fingerprint density at radius 1 is 1.13 bits per heavy atom. The Kier molecular flexibility index (Phi) is 5.84. The number of carbonyl (C=O) groups is 1. The lowest BCUT2D eigenvalue weighted by Crippen LogP contribution is -2.30. The van der Waals surface area contributed by atoms with E-state index in [0.29, 0.717) is 28.0 Å². The Morgan fingerprint density at radius 3 is 2.77 bits per heavy atom. The van der Waals surface area contributed by atoms with Crippen molar-refractivity contribution in [2.24, 2.45) is 0 Å². The molecule has 2 N–H and O–H groups in total. The van der Waals surface area contributed by atoms with Crippen molar-refractivity contribution in [3.63, 3.8) is 0 Å². The summed E-state index contributed by atoms with van der Waals surface area (Å²) in [5.41, 5.74) is 4.02. The van der Waals surface area contributed by atoms with Gasteiger partial charge >= 0.3 is 0 Å². The third kappa shape index (κ3) is 4.09. The first-order chi connectivity index (χ1) is 14.5. The molecule has 0 fully saturated rings. The van der Waals surface area contributed by atoms with Crippen LogP contribution in [0.15, 0.2) is 48.5 Å². The fourth-order valence-electron chi connectivity index (χ4n) is 3.60. The number of aryl methyl sites for hydroxylation is 1. The van der Waals surface area contributed by atoms with E-state index in [-0.39, 0.29) is 5.91 Å². The average Bonchev–Trinajstić information content (AvgIpc) is 3.21. The molecule has 0 saturated carbocycles. The standard InChI is InChI=1S/C23H21Cl2N3O2/c1-13-3-6-17(22(26-2)27-13)23(29)28-21(18-12-16(24)5-7-19(18)25)15-4-8-20-14(11-15)9-10-30-20/h3-8,11-12,21H,9-10H2,1-2H3,(H,26,27)(H,28,29). The van der Waals surface area contributed by atoms with Crippen LogP contribution in [-0.2, 0) is 6.42 Å². The molecule has 1 amide bonds. The van der Waals surface area contributed by atoms with Gasteiger partial charge in [0.05, 0.1) is 18.2 Å². The highest BCUT2D eigenvalue weighted by Gasteiger charge is 2.24. The van der Waals surface area contributed by atoms with Gasteiger partial charge in [0, 0.05) is 29.2 Å². The van der Waals surface area contributed by atoms with Crippen LogP contribution in [0.2, 0.25) is 10.0 Å². The van der Waals surface area contributed by atoms with Crippen LogP contribution in [0, 0.1) is 6.92 Å². The van der Waals surface area contributed by atoms with Gasteiger partial charge in [-0.2, -0.15) is 0 Å². The van der Waals surface area contributed by atoms with E-state index in [2.05, 4.69) is 21.7 Å². The van der Waals surface area contributed by atoms with E-state index in [4.69, 9.17) is 27.9 Å². The van der Waals surface area contributed by atoms with Crippen LogP contribution in [0.4, 0.5) is 5.82 Å². The molecule has 1 aliphatic heterocycles. The second kappa shape index (κ2) is 8.54. The van der Waals surface area contributed by atoms with E-state index >= 15 is 0 Å². The maximum Gasteiger partial charge on any atom is 0.255 e. The van der Waals surface area contributed by atoms with Gasteiger partial charge in [0.1, 0.15) is 11.6 Å². The van der Waals surface area contributed by atoms with E-state index in [1.165, 1.54) is 0 Å². The molecular formula is C23H21Cl2N3O2. The molecule has 0 radical (unpaired) electrons. The summed E-state index contributed by atoms with van der Waals surface area (Å²) in [5.74, 6) is 1.14. The monoisotopic (exact) mass is 441 g/mol. The van der Waals surface area contributed by atoms with E-state index in [1.54, 1.807) is 31.3 Å². The van der Waals surface area contributed by atoms with E-state index in [9.17, 15) is 4.79 Å². The van der Waals surface area contributed by atoms with E-state index < -0.39 is 6.04 Å². The summed E-state index contributed by atoms with van der Waals surface area (Å²) in [4.78, 5) is 17.6. The van der Waals surface area contributed by atoms with Gasteiger partial charge < -0.3 is 15.4 Å². The minimum Gasteiger partial charge on any atom is -0.493 e. The number of aromatic nitrogens is 1. The van der Waals surface area contributed by atoms with E-state index in [1.807, 2.05) is 25.1 Å². The maximum absolute atomic E-state index is 13.2. The maximum atomic E-state index is 13.2. The largest absolute Gasteiger partial charge is 0.493 e. The van der Waals surface area contributed by atoms with Crippen molar-refractivity contribution in [3.8, 4) is 5.75 Å². The van der Waals surface area contributed by atoms with Crippen molar-refractivity contribution in [2.75, 3.05) is 19.0 Å². The fraction of sp³-hybridized carbons (Fsp3) is 0.217. The number of anilines is 1. The first-order valence-corrected chi connectivity index (χ1v) is 10.4. The molecule has 1 atom stereocenters. The Bertz CT molecular complexity index is 1120. The van der Waals surface area contributed by atoms with Crippen LogP contribution in [0.3, 0.4) is 0 Å². The number of nitrogens with zero attached hydrogens (tertiary/aromatic N) is 1. The van der Waals surface area contributed by atoms with Crippen molar-refractivity contribution >= 4 is 34.9 Å². The first-order valence-electron chi connectivity index (χ1n) is 9.63. The third-order valence-corrected chi connectivity index (χ3v) is 5.69. The van der Waals surface area contributed by atoms with Gasteiger partial charge in [0.2, 0.25) is 0 Å². The number of ether oxygens (including phenoxy) is 1. The minimum absolute atomic E-state index is 0.260. The Balaban J connectivity index is 1.76. The van der Waals surface area contributed by atoms with Crippen molar-refractivity contribution < 1.29 is 9.53 Å². The molecular weight excluding hydrogens is 421 g/mol. The summed E-state index contributed by atoms with van der Waals surface area (Å²) in [5, 5.41) is 7.18. The molecule has 2 heterocycles. The van der Waals surface area contributed by atoms with Gasteiger partial charge in [-0.3, -0.25) is 4.79 Å². The molecule has 0 saturated heterocycles. The number of carbonyl (C=O) groups excluding carboxylic acids is 1. The van der Waals surface area contributed by atoms with Gasteiger partial charge in [-0.25, -0.2) is 4.98 Å². The van der Waals surface area contributed by atoms with Gasteiger partial charge in [0.25, 0.3) is 5.91 Å². The van der Waals surface area contributed by atoms with Gasteiger partial charge in [-0.1, -0.05) is 29.3 Å². The molecule has 0 bridgehead atoms. The molecule has 0 aliphatic carbocycles. The fourth-order valence-corrected chi connectivity index (χ4v) is 4.01. The quantitative estimate of drug-likeness (QED) is 0.571. The summed E-state index contributed by atoms with van der Waals surface area (Å²) < 4.78 is 5.62. The molecule has 4 rings (SSSR count). The first kappa shape index (κ1) is 20.5. The Morgan fingerprint density at radius 2 is 1.97 bits per heavy atom. The molecule has 3 aromatic rings. The number of rotatable bonds is 5. The highest BCUT2D eigenvalue weighted by atomic mass is 35.5. The number of hydrogen-bond donors (Lipinski definition) is 2. The van der Waals surface area contributed by atoms with Crippen LogP contribution in [0.5, 0.6) is 5.75 Å². The van der Waals surface area contributed by atoms with Crippen molar-refractivity contribution in [3.05, 3.63) is 86.5 Å². The summed E-state index contributed by atoms with van der Waals surface area (Å²) >= 11 is 12.8. The molecule has 7 heteroatoms. The normalized spacial score (nSPS) is 13.3. The van der Waals surface area contributed by atoms with Gasteiger partial charge in [-0.15, -0.1) is 0 Å². The van der Waals surface area contributed by atoms with E-state index in [0.717, 1.165) is 34.6 Å².